The van der Waals surface area contributed by atoms with E-state index < -0.39 is 5.41 Å². The Bertz CT molecular complexity index is 212. The van der Waals surface area contributed by atoms with Crippen LogP contribution in [0.4, 0.5) is 0 Å². The number of esters is 1. The number of hydrogen-bond acceptors (Lipinski definition) is 3. The fourth-order valence-electron chi connectivity index (χ4n) is 2.10. The summed E-state index contributed by atoms with van der Waals surface area (Å²) in [6, 6.07) is 0. The molecule has 3 heteroatoms. The highest BCUT2D eigenvalue weighted by Gasteiger charge is 2.37. The van der Waals surface area contributed by atoms with Crippen molar-refractivity contribution in [2.24, 2.45) is 5.41 Å². The Morgan fingerprint density at radius 1 is 1.12 bits per heavy atom. The van der Waals surface area contributed by atoms with Crippen molar-refractivity contribution in [3.63, 3.8) is 0 Å². The summed E-state index contributed by atoms with van der Waals surface area (Å²) in [6.07, 6.45) is 6.99. The van der Waals surface area contributed by atoms with Crippen molar-refractivity contribution in [2.75, 3.05) is 14.2 Å². The van der Waals surface area contributed by atoms with Crippen molar-refractivity contribution in [1.29, 1.82) is 0 Å². The fourth-order valence-corrected chi connectivity index (χ4v) is 2.10. The smallest absolute Gasteiger partial charge is 0.313 e. The first-order valence-corrected chi connectivity index (χ1v) is 6.61. The molecule has 102 valence electrons. The third-order valence-corrected chi connectivity index (χ3v) is 3.37. The summed E-state index contributed by atoms with van der Waals surface area (Å²) in [7, 11) is 3.10. The molecule has 0 radical (unpaired) electrons. The van der Waals surface area contributed by atoms with Crippen molar-refractivity contribution in [3.8, 4) is 0 Å². The summed E-state index contributed by atoms with van der Waals surface area (Å²) in [5.41, 5.74) is -0.561. The second-order valence-electron chi connectivity index (χ2n) is 5.14. The summed E-state index contributed by atoms with van der Waals surface area (Å²) in [4.78, 5) is 11.7. The molecule has 0 saturated heterocycles. The number of hydrogen-bond donors (Lipinski definition) is 0. The van der Waals surface area contributed by atoms with Crippen LogP contribution in [-0.4, -0.2) is 26.3 Å². The molecule has 3 nitrogen and oxygen atoms in total. The van der Waals surface area contributed by atoms with Crippen LogP contribution in [0.3, 0.4) is 0 Å². The maximum Gasteiger partial charge on any atom is 0.313 e. The standard InChI is InChI=1S/C14H28O3/c1-6-7-8-9-10-11-12(16-4)14(2,3)13(15)17-5/h12H,6-11H2,1-5H3. The number of rotatable bonds is 9. The average molecular weight is 244 g/mol. The monoisotopic (exact) mass is 244 g/mol. The number of unbranched alkanes of at least 4 members (excludes halogenated alkanes) is 4. The molecule has 0 fully saturated rings. The van der Waals surface area contributed by atoms with Crippen LogP contribution >= 0.6 is 0 Å². The molecule has 0 aromatic heterocycles. The van der Waals surface area contributed by atoms with Gasteiger partial charge in [0.05, 0.1) is 18.6 Å². The van der Waals surface area contributed by atoms with Crippen molar-refractivity contribution in [2.45, 2.75) is 65.4 Å². The van der Waals surface area contributed by atoms with Gasteiger partial charge in [-0.2, -0.15) is 0 Å². The zero-order valence-electron chi connectivity index (χ0n) is 12.0. The zero-order valence-corrected chi connectivity index (χ0v) is 12.0. The highest BCUT2D eigenvalue weighted by Crippen LogP contribution is 2.28. The van der Waals surface area contributed by atoms with Crippen LogP contribution in [0, 0.1) is 5.41 Å². The minimum Gasteiger partial charge on any atom is -0.469 e. The van der Waals surface area contributed by atoms with Crippen LogP contribution in [-0.2, 0) is 14.3 Å². The highest BCUT2D eigenvalue weighted by atomic mass is 16.5. The molecule has 17 heavy (non-hydrogen) atoms. The Hall–Kier alpha value is -0.570. The largest absolute Gasteiger partial charge is 0.469 e. The number of ether oxygens (including phenoxy) is 2. The lowest BCUT2D eigenvalue weighted by molar-refractivity contribution is -0.159. The lowest BCUT2D eigenvalue weighted by Gasteiger charge is -2.30. The van der Waals surface area contributed by atoms with Crippen LogP contribution in [0.25, 0.3) is 0 Å². The summed E-state index contributed by atoms with van der Waals surface area (Å²) < 4.78 is 10.3. The third kappa shape index (κ3) is 5.53. The Kier molecular flexibility index (Phi) is 8.23. The van der Waals surface area contributed by atoms with Gasteiger partial charge in [-0.25, -0.2) is 0 Å². The first-order valence-electron chi connectivity index (χ1n) is 6.61. The Morgan fingerprint density at radius 2 is 1.71 bits per heavy atom. The van der Waals surface area contributed by atoms with E-state index >= 15 is 0 Å². The van der Waals surface area contributed by atoms with Gasteiger partial charge < -0.3 is 9.47 Å². The predicted molar refractivity (Wildman–Crippen MR) is 70.0 cm³/mol. The maximum absolute atomic E-state index is 11.7. The third-order valence-electron chi connectivity index (χ3n) is 3.37. The van der Waals surface area contributed by atoms with E-state index in [0.29, 0.717) is 0 Å². The van der Waals surface area contributed by atoms with Gasteiger partial charge in [0.1, 0.15) is 0 Å². The molecule has 0 aromatic rings. The molecule has 0 aliphatic rings. The van der Waals surface area contributed by atoms with Crippen molar-refractivity contribution in [3.05, 3.63) is 0 Å². The molecule has 0 N–H and O–H groups in total. The van der Waals surface area contributed by atoms with Crippen LogP contribution in [0.2, 0.25) is 0 Å². The second-order valence-corrected chi connectivity index (χ2v) is 5.14. The van der Waals surface area contributed by atoms with E-state index in [1.54, 1.807) is 7.11 Å². The quantitative estimate of drug-likeness (QED) is 0.459. The zero-order chi connectivity index (χ0) is 13.3. The summed E-state index contributed by atoms with van der Waals surface area (Å²) >= 11 is 0. The molecule has 0 bridgehead atoms. The van der Waals surface area contributed by atoms with E-state index in [0.717, 1.165) is 12.8 Å². The summed E-state index contributed by atoms with van der Waals surface area (Å²) in [5, 5.41) is 0. The number of methoxy groups -OCH3 is 2. The van der Waals surface area contributed by atoms with Gasteiger partial charge >= 0.3 is 5.97 Å². The van der Waals surface area contributed by atoms with Gasteiger partial charge in [0.15, 0.2) is 0 Å². The van der Waals surface area contributed by atoms with Gasteiger partial charge in [-0.1, -0.05) is 39.0 Å². The van der Waals surface area contributed by atoms with Crippen LogP contribution in [0.1, 0.15) is 59.3 Å². The van der Waals surface area contributed by atoms with Gasteiger partial charge in [-0.3, -0.25) is 4.79 Å². The van der Waals surface area contributed by atoms with Gasteiger partial charge in [-0.15, -0.1) is 0 Å². The minimum absolute atomic E-state index is 0.0587. The molecule has 0 rings (SSSR count). The summed E-state index contributed by atoms with van der Waals surface area (Å²) in [6.45, 7) is 5.98. The molecule has 0 heterocycles. The van der Waals surface area contributed by atoms with E-state index in [1.807, 2.05) is 13.8 Å². The predicted octanol–water partition coefficient (Wildman–Crippen LogP) is 3.56. The lowest BCUT2D eigenvalue weighted by Crippen LogP contribution is -2.39. The molecular weight excluding hydrogens is 216 g/mol. The molecule has 0 amide bonds. The van der Waals surface area contributed by atoms with E-state index in [9.17, 15) is 4.79 Å². The van der Waals surface area contributed by atoms with E-state index in [-0.39, 0.29) is 12.1 Å². The first kappa shape index (κ1) is 16.4. The van der Waals surface area contributed by atoms with Crippen LogP contribution in [0.15, 0.2) is 0 Å². The topological polar surface area (TPSA) is 35.5 Å². The molecule has 1 unspecified atom stereocenters. The van der Waals surface area contributed by atoms with Crippen molar-refractivity contribution < 1.29 is 14.3 Å². The number of carbonyl (C=O) groups is 1. The molecule has 0 spiro atoms. The lowest BCUT2D eigenvalue weighted by atomic mass is 9.83. The first-order chi connectivity index (χ1) is 8.00. The Morgan fingerprint density at radius 3 is 2.18 bits per heavy atom. The summed E-state index contributed by atoms with van der Waals surface area (Å²) in [5.74, 6) is -0.196. The SMILES string of the molecule is CCCCCCCC(OC)C(C)(C)C(=O)OC. The van der Waals surface area contributed by atoms with Crippen molar-refractivity contribution >= 4 is 5.97 Å². The Labute approximate surface area is 106 Å². The molecule has 1 atom stereocenters. The molecule has 0 aliphatic heterocycles. The van der Waals surface area contributed by atoms with Crippen LogP contribution < -0.4 is 0 Å². The molecular formula is C14H28O3. The minimum atomic E-state index is -0.561. The van der Waals surface area contributed by atoms with Gasteiger partial charge in [0.2, 0.25) is 0 Å². The number of carbonyl (C=O) groups excluding carboxylic acids is 1. The van der Waals surface area contributed by atoms with Gasteiger partial charge in [0, 0.05) is 7.11 Å². The van der Waals surface area contributed by atoms with Crippen LogP contribution in [0.5, 0.6) is 0 Å². The van der Waals surface area contributed by atoms with Gasteiger partial charge in [0.25, 0.3) is 0 Å². The fraction of sp³-hybridized carbons (Fsp3) is 0.929. The molecule has 0 aromatic carbocycles. The second kappa shape index (κ2) is 8.51. The molecule has 0 aliphatic carbocycles. The normalized spacial score (nSPS) is 13.5. The maximum atomic E-state index is 11.7. The molecule has 0 saturated carbocycles. The average Bonchev–Trinajstić information content (AvgIpc) is 2.32. The van der Waals surface area contributed by atoms with E-state index in [1.165, 1.54) is 32.8 Å². The van der Waals surface area contributed by atoms with Crippen molar-refractivity contribution in [1.82, 2.24) is 0 Å². The van der Waals surface area contributed by atoms with E-state index in [2.05, 4.69) is 6.92 Å². The van der Waals surface area contributed by atoms with Gasteiger partial charge in [-0.05, 0) is 20.3 Å². The van der Waals surface area contributed by atoms with E-state index in [4.69, 9.17) is 9.47 Å². The highest BCUT2D eigenvalue weighted by molar-refractivity contribution is 5.76. The Balaban J connectivity index is 4.09.